The molecule has 0 nitrogen and oxygen atoms in total. The zero-order chi connectivity index (χ0) is 6.81. The topological polar surface area (TPSA) is 0 Å². The molecule has 0 heterocycles. The monoisotopic (exact) mass is 134 g/mol. The molecule has 0 aromatic rings. The fraction of sp³-hybridized carbons (Fsp3) is 0.600. The fourth-order valence-corrected chi connectivity index (χ4v) is 1.50. The van der Waals surface area contributed by atoms with Crippen molar-refractivity contribution in [3.63, 3.8) is 0 Å². The summed E-state index contributed by atoms with van der Waals surface area (Å²) < 4.78 is 0. The second-order valence-electron chi connectivity index (χ2n) is 3.43. The van der Waals surface area contributed by atoms with Crippen molar-refractivity contribution in [2.75, 3.05) is 0 Å². The summed E-state index contributed by atoms with van der Waals surface area (Å²) in [6.45, 7) is 0. The molecule has 10 heavy (non-hydrogen) atoms. The molecule has 0 aliphatic heterocycles. The number of rotatable bonds is 0. The lowest BCUT2D eigenvalue weighted by Gasteiger charge is -2.21. The summed E-state index contributed by atoms with van der Waals surface area (Å²) in [6, 6.07) is 0. The van der Waals surface area contributed by atoms with Gasteiger partial charge in [-0.3, -0.25) is 0 Å². The normalized spacial score (nSPS) is 37.6. The average Bonchev–Trinajstić information content (AvgIpc) is 2.06. The van der Waals surface area contributed by atoms with Gasteiger partial charge in [0.1, 0.15) is 0 Å². The fourth-order valence-electron chi connectivity index (χ4n) is 1.50. The second-order valence-corrected chi connectivity index (χ2v) is 3.43. The van der Waals surface area contributed by atoms with Crippen LogP contribution < -0.4 is 0 Å². The van der Waals surface area contributed by atoms with Crippen molar-refractivity contribution >= 4 is 0 Å². The van der Waals surface area contributed by atoms with E-state index >= 15 is 0 Å². The number of hydrogen-bond acceptors (Lipinski definition) is 0. The second kappa shape index (κ2) is 2.61. The Morgan fingerprint density at radius 3 is 1.30 bits per heavy atom. The van der Waals surface area contributed by atoms with E-state index in [1.807, 2.05) is 0 Å². The molecule has 1 saturated carbocycles. The average molecular weight is 134 g/mol. The molecular formula is C10H14. The Bertz CT molecular complexity index is 143. The molecule has 0 aromatic heterocycles. The Morgan fingerprint density at radius 2 is 1.20 bits per heavy atom. The van der Waals surface area contributed by atoms with Gasteiger partial charge in [0.15, 0.2) is 0 Å². The van der Waals surface area contributed by atoms with Gasteiger partial charge in [-0.2, -0.15) is 0 Å². The Kier molecular flexibility index (Phi) is 1.62. The third-order valence-corrected chi connectivity index (χ3v) is 2.53. The van der Waals surface area contributed by atoms with Crippen LogP contribution in [0, 0.1) is 11.8 Å². The highest BCUT2D eigenvalue weighted by molar-refractivity contribution is 5.11. The van der Waals surface area contributed by atoms with Crippen LogP contribution in [0.4, 0.5) is 0 Å². The molecule has 0 saturated heterocycles. The molecule has 0 heteroatoms. The molecule has 0 radical (unpaired) electrons. The Hall–Kier alpha value is -0.520. The van der Waals surface area contributed by atoms with E-state index in [9.17, 15) is 0 Å². The minimum atomic E-state index is 1.01. The van der Waals surface area contributed by atoms with Crippen LogP contribution in [0.3, 0.4) is 0 Å². The molecule has 0 atom stereocenters. The standard InChI is InChI=1S/C6H8.C4H6/c1-2-6-3-5(1)4-6;1-2-4-3-1/h1-2,5-6H,3-4H2;1-2H,3-4H2. The molecule has 4 rings (SSSR count). The first-order valence-corrected chi connectivity index (χ1v) is 4.28. The summed E-state index contributed by atoms with van der Waals surface area (Å²) in [5.74, 6) is 2.02. The van der Waals surface area contributed by atoms with Crippen LogP contribution in [-0.2, 0) is 0 Å². The Morgan fingerprint density at radius 1 is 0.800 bits per heavy atom. The van der Waals surface area contributed by atoms with Gasteiger partial charge in [0.05, 0.1) is 0 Å². The van der Waals surface area contributed by atoms with E-state index in [4.69, 9.17) is 0 Å². The largest absolute Gasteiger partial charge is 0.0882 e. The third-order valence-electron chi connectivity index (χ3n) is 2.53. The van der Waals surface area contributed by atoms with Crippen LogP contribution in [0.5, 0.6) is 0 Å². The predicted molar refractivity (Wildman–Crippen MR) is 43.7 cm³/mol. The highest BCUT2D eigenvalue weighted by Crippen LogP contribution is 2.41. The maximum atomic E-state index is 2.35. The molecular weight excluding hydrogens is 120 g/mol. The minimum absolute atomic E-state index is 1.01. The Labute approximate surface area is 62.6 Å². The first-order valence-electron chi connectivity index (χ1n) is 4.28. The van der Waals surface area contributed by atoms with Gasteiger partial charge < -0.3 is 0 Å². The van der Waals surface area contributed by atoms with Crippen LogP contribution in [0.1, 0.15) is 25.7 Å². The van der Waals surface area contributed by atoms with Gasteiger partial charge in [-0.25, -0.2) is 0 Å². The first kappa shape index (κ1) is 6.21. The van der Waals surface area contributed by atoms with E-state index in [1.54, 1.807) is 0 Å². The summed E-state index contributed by atoms with van der Waals surface area (Å²) in [6.07, 6.45) is 14.6. The van der Waals surface area contributed by atoms with E-state index in [0.717, 1.165) is 11.8 Å². The van der Waals surface area contributed by atoms with Crippen molar-refractivity contribution in [2.24, 2.45) is 11.8 Å². The summed E-state index contributed by atoms with van der Waals surface area (Å²) in [4.78, 5) is 0. The highest BCUT2D eigenvalue weighted by Gasteiger charge is 2.29. The van der Waals surface area contributed by atoms with Gasteiger partial charge in [0, 0.05) is 0 Å². The van der Waals surface area contributed by atoms with Gasteiger partial charge in [-0.15, -0.1) is 0 Å². The zero-order valence-electron chi connectivity index (χ0n) is 6.29. The minimum Gasteiger partial charge on any atom is -0.0882 e. The summed E-state index contributed by atoms with van der Waals surface area (Å²) in [5.41, 5.74) is 0. The quantitative estimate of drug-likeness (QED) is 0.447. The molecule has 54 valence electrons. The number of hydrogen-bond donors (Lipinski definition) is 0. The van der Waals surface area contributed by atoms with Crippen molar-refractivity contribution in [2.45, 2.75) is 25.7 Å². The van der Waals surface area contributed by atoms with E-state index in [1.165, 1.54) is 25.7 Å². The molecule has 0 aromatic carbocycles. The van der Waals surface area contributed by atoms with E-state index in [2.05, 4.69) is 24.3 Å². The lowest BCUT2D eigenvalue weighted by Crippen LogP contribution is -2.11. The van der Waals surface area contributed by atoms with Crippen LogP contribution in [0.25, 0.3) is 0 Å². The van der Waals surface area contributed by atoms with Gasteiger partial charge >= 0.3 is 0 Å². The molecule has 0 N–H and O–H groups in total. The maximum Gasteiger partial charge on any atom is -0.0222 e. The SMILES string of the molecule is C1=CC2CC1C2.C1=CCC1. The van der Waals surface area contributed by atoms with Crippen molar-refractivity contribution in [1.82, 2.24) is 0 Å². The molecule has 0 unspecified atom stereocenters. The summed E-state index contributed by atoms with van der Waals surface area (Å²) in [7, 11) is 0. The molecule has 0 spiro atoms. The Balaban J connectivity index is 0.0000000886. The van der Waals surface area contributed by atoms with Crippen molar-refractivity contribution in [3.05, 3.63) is 24.3 Å². The molecule has 4 aliphatic rings. The summed E-state index contributed by atoms with van der Waals surface area (Å²) >= 11 is 0. The lowest BCUT2D eigenvalue weighted by atomic mass is 9.83. The number of allylic oxidation sites excluding steroid dienone is 4. The van der Waals surface area contributed by atoms with Crippen molar-refractivity contribution in [3.8, 4) is 0 Å². The van der Waals surface area contributed by atoms with Gasteiger partial charge in [0.2, 0.25) is 0 Å². The third kappa shape index (κ3) is 1.16. The summed E-state index contributed by atoms with van der Waals surface area (Å²) in [5, 5.41) is 0. The lowest BCUT2D eigenvalue weighted by molar-refractivity contribution is 0.334. The van der Waals surface area contributed by atoms with E-state index in [-0.39, 0.29) is 0 Å². The predicted octanol–water partition coefficient (Wildman–Crippen LogP) is 2.92. The van der Waals surface area contributed by atoms with Crippen molar-refractivity contribution < 1.29 is 0 Å². The maximum absolute atomic E-state index is 2.35. The van der Waals surface area contributed by atoms with Gasteiger partial charge in [-0.1, -0.05) is 24.3 Å². The first-order chi connectivity index (χ1) is 4.95. The smallest absolute Gasteiger partial charge is 0.0222 e. The van der Waals surface area contributed by atoms with Crippen LogP contribution in [-0.4, -0.2) is 0 Å². The van der Waals surface area contributed by atoms with Gasteiger partial charge in [-0.05, 0) is 37.5 Å². The molecule has 0 amide bonds. The van der Waals surface area contributed by atoms with Crippen molar-refractivity contribution in [1.29, 1.82) is 0 Å². The van der Waals surface area contributed by atoms with Crippen LogP contribution in [0.15, 0.2) is 24.3 Å². The van der Waals surface area contributed by atoms with Crippen LogP contribution >= 0.6 is 0 Å². The highest BCUT2D eigenvalue weighted by atomic mass is 14.3. The van der Waals surface area contributed by atoms with E-state index in [0.29, 0.717) is 0 Å². The molecule has 4 aliphatic carbocycles. The van der Waals surface area contributed by atoms with E-state index < -0.39 is 0 Å². The zero-order valence-corrected chi connectivity index (χ0v) is 6.29. The molecule has 1 fully saturated rings. The van der Waals surface area contributed by atoms with Gasteiger partial charge in [0.25, 0.3) is 0 Å². The molecule has 2 bridgehead atoms. The van der Waals surface area contributed by atoms with Crippen LogP contribution in [0.2, 0.25) is 0 Å².